The Labute approximate surface area is 127 Å². The molecule has 0 aromatic rings. The number of likely N-dealkylation sites (tertiary alicyclic amines) is 1. The molecule has 0 spiro atoms. The topological polar surface area (TPSA) is 15.3 Å². The van der Waals surface area contributed by atoms with Crippen molar-refractivity contribution in [3.63, 3.8) is 0 Å². The summed E-state index contributed by atoms with van der Waals surface area (Å²) in [4.78, 5) is 2.69. The summed E-state index contributed by atoms with van der Waals surface area (Å²) in [5, 5.41) is 3.66. The molecule has 0 atom stereocenters. The summed E-state index contributed by atoms with van der Waals surface area (Å²) in [5.74, 6) is 0. The van der Waals surface area contributed by atoms with Crippen molar-refractivity contribution in [1.29, 1.82) is 0 Å². The van der Waals surface area contributed by atoms with Crippen LogP contribution in [0.15, 0.2) is 0 Å². The molecule has 0 aromatic carbocycles. The molecule has 0 amide bonds. The van der Waals surface area contributed by atoms with Crippen molar-refractivity contribution in [2.45, 2.75) is 79.7 Å². The number of hydrogen-bond acceptors (Lipinski definition) is 2. The maximum Gasteiger partial charge on any atom is 0.00967 e. The summed E-state index contributed by atoms with van der Waals surface area (Å²) >= 11 is 0. The quantitative estimate of drug-likeness (QED) is 0.781. The molecule has 20 heavy (non-hydrogen) atoms. The minimum absolute atomic E-state index is 0.221. The largest absolute Gasteiger partial charge is 0.311 e. The highest BCUT2D eigenvalue weighted by atomic mass is 15.1. The second kappa shape index (κ2) is 6.79. The first kappa shape index (κ1) is 18.0. The maximum absolute atomic E-state index is 3.66. The monoisotopic (exact) mass is 282 g/mol. The lowest BCUT2D eigenvalue weighted by Crippen LogP contribution is -2.48. The van der Waals surface area contributed by atoms with Gasteiger partial charge in [0.05, 0.1) is 0 Å². The van der Waals surface area contributed by atoms with Gasteiger partial charge in [0, 0.05) is 18.6 Å². The van der Waals surface area contributed by atoms with Crippen molar-refractivity contribution in [3.05, 3.63) is 0 Å². The fourth-order valence-corrected chi connectivity index (χ4v) is 3.31. The lowest BCUT2D eigenvalue weighted by atomic mass is 9.74. The fourth-order valence-electron chi connectivity index (χ4n) is 3.31. The molecular weight excluding hydrogens is 244 g/mol. The van der Waals surface area contributed by atoms with E-state index in [0.29, 0.717) is 10.8 Å². The van der Waals surface area contributed by atoms with Crippen molar-refractivity contribution in [3.8, 4) is 0 Å². The first-order valence-electron chi connectivity index (χ1n) is 8.59. The highest BCUT2D eigenvalue weighted by molar-refractivity contribution is 4.87. The Hall–Kier alpha value is -0.0800. The molecule has 120 valence electrons. The second-order valence-electron chi connectivity index (χ2n) is 8.75. The number of piperidine rings is 1. The molecule has 0 bridgehead atoms. The zero-order valence-corrected chi connectivity index (χ0v) is 15.1. The van der Waals surface area contributed by atoms with Crippen LogP contribution in [0, 0.1) is 10.8 Å². The molecule has 1 rings (SSSR count). The smallest absolute Gasteiger partial charge is 0.00967 e. The predicted molar refractivity (Wildman–Crippen MR) is 90.2 cm³/mol. The number of nitrogens with one attached hydrogen (secondary N) is 1. The van der Waals surface area contributed by atoms with Crippen LogP contribution < -0.4 is 5.32 Å². The SMILES string of the molecule is CCC1(CC)CCN(CC(C)(C)CNC(C)(C)C)CC1. The minimum atomic E-state index is 0.221. The molecule has 0 saturated carbocycles. The molecule has 1 saturated heterocycles. The third-order valence-corrected chi connectivity index (χ3v) is 5.17. The van der Waals surface area contributed by atoms with E-state index in [1.165, 1.54) is 45.3 Å². The van der Waals surface area contributed by atoms with E-state index in [2.05, 4.69) is 58.7 Å². The van der Waals surface area contributed by atoms with E-state index in [1.54, 1.807) is 0 Å². The zero-order valence-electron chi connectivity index (χ0n) is 15.1. The lowest BCUT2D eigenvalue weighted by molar-refractivity contribution is 0.0672. The Kier molecular flexibility index (Phi) is 6.10. The molecule has 1 N–H and O–H groups in total. The average molecular weight is 283 g/mol. The first-order valence-corrected chi connectivity index (χ1v) is 8.59. The molecule has 1 aliphatic heterocycles. The van der Waals surface area contributed by atoms with Crippen molar-refractivity contribution in [2.24, 2.45) is 10.8 Å². The van der Waals surface area contributed by atoms with Gasteiger partial charge in [-0.05, 0) is 57.5 Å². The third kappa shape index (κ3) is 5.73. The summed E-state index contributed by atoms with van der Waals surface area (Å²) in [6.07, 6.45) is 5.49. The van der Waals surface area contributed by atoms with Gasteiger partial charge in [-0.2, -0.15) is 0 Å². The van der Waals surface area contributed by atoms with Gasteiger partial charge in [0.25, 0.3) is 0 Å². The third-order valence-electron chi connectivity index (χ3n) is 5.17. The summed E-state index contributed by atoms with van der Waals surface area (Å²) in [7, 11) is 0. The van der Waals surface area contributed by atoms with Crippen LogP contribution in [0.5, 0.6) is 0 Å². The van der Waals surface area contributed by atoms with Crippen molar-refractivity contribution in [2.75, 3.05) is 26.2 Å². The molecule has 1 aliphatic rings. The van der Waals surface area contributed by atoms with Gasteiger partial charge in [-0.15, -0.1) is 0 Å². The lowest BCUT2D eigenvalue weighted by Gasteiger charge is -2.44. The Morgan fingerprint density at radius 3 is 1.85 bits per heavy atom. The van der Waals surface area contributed by atoms with Crippen molar-refractivity contribution < 1.29 is 0 Å². The van der Waals surface area contributed by atoms with Crippen LogP contribution >= 0.6 is 0 Å². The average Bonchev–Trinajstić information content (AvgIpc) is 2.37. The Bertz CT molecular complexity index is 274. The van der Waals surface area contributed by atoms with E-state index in [4.69, 9.17) is 0 Å². The highest BCUT2D eigenvalue weighted by Gasteiger charge is 2.33. The second-order valence-corrected chi connectivity index (χ2v) is 8.75. The zero-order chi connectivity index (χ0) is 15.4. The van der Waals surface area contributed by atoms with Crippen LogP contribution in [0.2, 0.25) is 0 Å². The van der Waals surface area contributed by atoms with E-state index in [0.717, 1.165) is 6.54 Å². The number of hydrogen-bond donors (Lipinski definition) is 1. The minimum Gasteiger partial charge on any atom is -0.311 e. The maximum atomic E-state index is 3.66. The van der Waals surface area contributed by atoms with Crippen LogP contribution in [0.25, 0.3) is 0 Å². The van der Waals surface area contributed by atoms with Gasteiger partial charge < -0.3 is 10.2 Å². The molecule has 2 nitrogen and oxygen atoms in total. The van der Waals surface area contributed by atoms with Crippen molar-refractivity contribution in [1.82, 2.24) is 10.2 Å². The Morgan fingerprint density at radius 2 is 1.45 bits per heavy atom. The van der Waals surface area contributed by atoms with E-state index < -0.39 is 0 Å². The molecule has 2 heteroatoms. The fraction of sp³-hybridized carbons (Fsp3) is 1.00. The summed E-state index contributed by atoms with van der Waals surface area (Å²) in [6, 6.07) is 0. The van der Waals surface area contributed by atoms with Gasteiger partial charge in [0.2, 0.25) is 0 Å². The summed E-state index contributed by atoms with van der Waals surface area (Å²) in [6.45, 7) is 21.2. The Morgan fingerprint density at radius 1 is 0.950 bits per heavy atom. The van der Waals surface area contributed by atoms with Gasteiger partial charge >= 0.3 is 0 Å². The van der Waals surface area contributed by atoms with E-state index >= 15 is 0 Å². The standard InChI is InChI=1S/C18H38N2/c1-8-18(9-2)10-12-20(13-11-18)15-17(6,7)14-19-16(3,4)5/h19H,8-15H2,1-7H3. The van der Waals surface area contributed by atoms with Gasteiger partial charge in [0.15, 0.2) is 0 Å². The molecule has 0 radical (unpaired) electrons. The van der Waals surface area contributed by atoms with Gasteiger partial charge in [-0.3, -0.25) is 0 Å². The van der Waals surface area contributed by atoms with Crippen LogP contribution in [-0.4, -0.2) is 36.6 Å². The normalized spacial score (nSPS) is 21.1. The van der Waals surface area contributed by atoms with E-state index in [1.807, 2.05) is 0 Å². The van der Waals surface area contributed by atoms with Crippen LogP contribution in [0.3, 0.4) is 0 Å². The molecule has 0 unspecified atom stereocenters. The summed E-state index contributed by atoms with van der Waals surface area (Å²) < 4.78 is 0. The van der Waals surface area contributed by atoms with Gasteiger partial charge in [-0.25, -0.2) is 0 Å². The predicted octanol–water partition coefficient (Wildman–Crippen LogP) is 4.30. The Balaban J connectivity index is 2.42. The van der Waals surface area contributed by atoms with Crippen LogP contribution in [0.4, 0.5) is 0 Å². The molecule has 1 fully saturated rings. The van der Waals surface area contributed by atoms with E-state index in [-0.39, 0.29) is 5.54 Å². The molecule has 1 heterocycles. The summed E-state index contributed by atoms with van der Waals surface area (Å²) in [5.41, 5.74) is 1.22. The van der Waals surface area contributed by atoms with Crippen molar-refractivity contribution >= 4 is 0 Å². The van der Waals surface area contributed by atoms with Crippen LogP contribution in [0.1, 0.15) is 74.1 Å². The van der Waals surface area contributed by atoms with Gasteiger partial charge in [-0.1, -0.05) is 40.5 Å². The number of nitrogens with zero attached hydrogens (tertiary/aromatic N) is 1. The first-order chi connectivity index (χ1) is 9.11. The highest BCUT2D eigenvalue weighted by Crippen LogP contribution is 2.38. The van der Waals surface area contributed by atoms with Crippen LogP contribution in [-0.2, 0) is 0 Å². The van der Waals surface area contributed by atoms with Gasteiger partial charge in [0.1, 0.15) is 0 Å². The molecule has 0 aliphatic carbocycles. The van der Waals surface area contributed by atoms with E-state index in [9.17, 15) is 0 Å². The molecular formula is C18H38N2. The molecule has 0 aromatic heterocycles. The number of rotatable bonds is 6.